The number of hydrogen-bond donors (Lipinski definition) is 1. The van der Waals surface area contributed by atoms with Crippen LogP contribution in [0.5, 0.6) is 0 Å². The van der Waals surface area contributed by atoms with Gasteiger partial charge in [-0.05, 0) is 24.6 Å². The van der Waals surface area contributed by atoms with Gasteiger partial charge in [-0.25, -0.2) is 4.98 Å². The highest BCUT2D eigenvalue weighted by atomic mass is 79.9. The number of hydrogen-bond acceptors (Lipinski definition) is 4. The van der Waals surface area contributed by atoms with Gasteiger partial charge >= 0.3 is 0 Å². The molecule has 3 nitrogen and oxygen atoms in total. The molecule has 1 aromatic heterocycles. The Morgan fingerprint density at radius 2 is 2.35 bits per heavy atom. The molecule has 1 amide bonds. The lowest BCUT2D eigenvalue weighted by molar-refractivity contribution is 0.0954. The molecule has 0 fully saturated rings. The largest absolute Gasteiger partial charge is 0.352 e. The van der Waals surface area contributed by atoms with Gasteiger partial charge in [0.2, 0.25) is 0 Å². The van der Waals surface area contributed by atoms with Crippen molar-refractivity contribution in [3.05, 3.63) is 44.8 Å². The molecule has 0 unspecified atom stereocenters. The fraction of sp³-hybridized carbons (Fsp3) is 0.231. The molecule has 0 saturated carbocycles. The Hall–Kier alpha value is -0.560. The van der Waals surface area contributed by atoms with E-state index in [1.54, 1.807) is 41.4 Å². The standard InChI is InChI=1S/C13H12BrClN2OS2/c14-9-2-3-11(15)10(8-9)12(18)16-4-1-6-19-13-17-5-7-20-13/h2-3,5,7-8H,1,4,6H2,(H,16,18). The Morgan fingerprint density at radius 1 is 1.50 bits per heavy atom. The lowest BCUT2D eigenvalue weighted by Crippen LogP contribution is -2.25. The van der Waals surface area contributed by atoms with Gasteiger partial charge in [0, 0.05) is 28.3 Å². The van der Waals surface area contributed by atoms with E-state index in [4.69, 9.17) is 11.6 Å². The smallest absolute Gasteiger partial charge is 0.252 e. The number of amides is 1. The van der Waals surface area contributed by atoms with E-state index in [1.807, 2.05) is 11.4 Å². The van der Waals surface area contributed by atoms with Crippen LogP contribution in [0.1, 0.15) is 16.8 Å². The van der Waals surface area contributed by atoms with Gasteiger partial charge in [0.15, 0.2) is 0 Å². The highest BCUT2D eigenvalue weighted by Crippen LogP contribution is 2.21. The maximum atomic E-state index is 12.0. The van der Waals surface area contributed by atoms with Crippen molar-refractivity contribution in [3.63, 3.8) is 0 Å². The molecule has 1 aromatic carbocycles. The second-order valence-electron chi connectivity index (χ2n) is 3.88. The number of carbonyl (C=O) groups is 1. The molecular formula is C13H12BrClN2OS2. The predicted molar refractivity (Wildman–Crippen MR) is 88.9 cm³/mol. The third-order valence-corrected chi connectivity index (χ3v) is 5.29. The van der Waals surface area contributed by atoms with E-state index < -0.39 is 0 Å². The van der Waals surface area contributed by atoms with Crippen LogP contribution in [0.15, 0.2) is 38.6 Å². The molecule has 1 N–H and O–H groups in total. The summed E-state index contributed by atoms with van der Waals surface area (Å²) in [7, 11) is 0. The first kappa shape index (κ1) is 15.8. The molecule has 7 heteroatoms. The molecule has 0 aliphatic carbocycles. The van der Waals surface area contributed by atoms with E-state index in [-0.39, 0.29) is 5.91 Å². The minimum atomic E-state index is -0.143. The predicted octanol–water partition coefficient (Wildman–Crippen LogP) is 4.47. The van der Waals surface area contributed by atoms with Crippen molar-refractivity contribution in [2.45, 2.75) is 10.8 Å². The lowest BCUT2D eigenvalue weighted by Gasteiger charge is -2.06. The van der Waals surface area contributed by atoms with Gasteiger partial charge in [0.25, 0.3) is 5.91 Å². The summed E-state index contributed by atoms with van der Waals surface area (Å²) in [5.41, 5.74) is 0.494. The van der Waals surface area contributed by atoms with Gasteiger partial charge in [-0.3, -0.25) is 4.79 Å². The van der Waals surface area contributed by atoms with E-state index in [9.17, 15) is 4.79 Å². The second kappa shape index (κ2) is 8.02. The van der Waals surface area contributed by atoms with Crippen molar-refractivity contribution in [2.24, 2.45) is 0 Å². The van der Waals surface area contributed by atoms with Crippen molar-refractivity contribution in [1.82, 2.24) is 10.3 Å². The SMILES string of the molecule is O=C(NCCCSc1nccs1)c1cc(Br)ccc1Cl. The van der Waals surface area contributed by atoms with E-state index in [0.717, 1.165) is 21.0 Å². The van der Waals surface area contributed by atoms with Crippen molar-refractivity contribution < 1.29 is 4.79 Å². The Kier molecular flexibility index (Phi) is 6.35. The number of benzene rings is 1. The van der Waals surface area contributed by atoms with Crippen LogP contribution in [-0.2, 0) is 0 Å². The number of nitrogens with one attached hydrogen (secondary N) is 1. The molecule has 20 heavy (non-hydrogen) atoms. The summed E-state index contributed by atoms with van der Waals surface area (Å²) < 4.78 is 1.90. The Bertz CT molecular complexity index is 578. The van der Waals surface area contributed by atoms with Gasteiger partial charge < -0.3 is 5.32 Å². The molecule has 0 aliphatic rings. The van der Waals surface area contributed by atoms with E-state index in [2.05, 4.69) is 26.2 Å². The minimum Gasteiger partial charge on any atom is -0.352 e. The number of aromatic nitrogens is 1. The molecule has 2 aromatic rings. The van der Waals surface area contributed by atoms with E-state index in [0.29, 0.717) is 17.1 Å². The topological polar surface area (TPSA) is 42.0 Å². The van der Waals surface area contributed by atoms with Crippen molar-refractivity contribution in [2.75, 3.05) is 12.3 Å². The van der Waals surface area contributed by atoms with Crippen molar-refractivity contribution in [1.29, 1.82) is 0 Å². The number of rotatable bonds is 6. The summed E-state index contributed by atoms with van der Waals surface area (Å²) in [6, 6.07) is 5.24. The van der Waals surface area contributed by atoms with Crippen LogP contribution in [-0.4, -0.2) is 23.2 Å². The minimum absolute atomic E-state index is 0.143. The van der Waals surface area contributed by atoms with Gasteiger partial charge in [-0.2, -0.15) is 0 Å². The van der Waals surface area contributed by atoms with E-state index in [1.165, 1.54) is 0 Å². The maximum Gasteiger partial charge on any atom is 0.252 e. The van der Waals surface area contributed by atoms with Crippen LogP contribution >= 0.6 is 50.6 Å². The average molecular weight is 392 g/mol. The molecule has 0 saturated heterocycles. The zero-order chi connectivity index (χ0) is 14.4. The molecule has 2 rings (SSSR count). The number of nitrogens with zero attached hydrogens (tertiary/aromatic N) is 1. The molecule has 0 aliphatic heterocycles. The normalized spacial score (nSPS) is 10.5. The number of carbonyl (C=O) groups excluding carboxylic acids is 1. The van der Waals surface area contributed by atoms with Gasteiger partial charge in [0.05, 0.1) is 10.6 Å². The molecule has 106 valence electrons. The Balaban J connectivity index is 1.73. The van der Waals surface area contributed by atoms with Gasteiger partial charge in [-0.15, -0.1) is 11.3 Å². The molecule has 0 bridgehead atoms. The summed E-state index contributed by atoms with van der Waals surface area (Å²) >= 11 is 12.7. The second-order valence-corrected chi connectivity index (χ2v) is 7.44. The van der Waals surface area contributed by atoms with E-state index >= 15 is 0 Å². The molecule has 0 atom stereocenters. The van der Waals surface area contributed by atoms with Crippen LogP contribution in [0.3, 0.4) is 0 Å². The highest BCUT2D eigenvalue weighted by molar-refractivity contribution is 9.10. The molecule has 0 radical (unpaired) electrons. The van der Waals surface area contributed by atoms with Crippen LogP contribution in [0.4, 0.5) is 0 Å². The van der Waals surface area contributed by atoms with Gasteiger partial charge in [-0.1, -0.05) is 39.3 Å². The van der Waals surface area contributed by atoms with Crippen molar-refractivity contribution >= 4 is 56.5 Å². The molecule has 0 spiro atoms. The maximum absolute atomic E-state index is 12.0. The summed E-state index contributed by atoms with van der Waals surface area (Å²) in [6.07, 6.45) is 2.69. The average Bonchev–Trinajstić information content (AvgIpc) is 2.94. The zero-order valence-corrected chi connectivity index (χ0v) is 14.4. The number of halogens is 2. The highest BCUT2D eigenvalue weighted by Gasteiger charge is 2.10. The summed E-state index contributed by atoms with van der Waals surface area (Å²) in [6.45, 7) is 0.625. The van der Waals surface area contributed by atoms with Crippen LogP contribution < -0.4 is 5.32 Å². The quantitative estimate of drug-likeness (QED) is 0.583. The first-order chi connectivity index (χ1) is 9.66. The monoisotopic (exact) mass is 390 g/mol. The number of thioether (sulfide) groups is 1. The van der Waals surface area contributed by atoms with Crippen LogP contribution in [0.25, 0.3) is 0 Å². The van der Waals surface area contributed by atoms with Crippen LogP contribution in [0.2, 0.25) is 5.02 Å². The Morgan fingerprint density at radius 3 is 3.10 bits per heavy atom. The first-order valence-electron chi connectivity index (χ1n) is 5.92. The lowest BCUT2D eigenvalue weighted by atomic mass is 10.2. The third kappa shape index (κ3) is 4.77. The molecular weight excluding hydrogens is 380 g/mol. The zero-order valence-electron chi connectivity index (χ0n) is 10.4. The molecule has 1 heterocycles. The third-order valence-electron chi connectivity index (χ3n) is 2.41. The summed E-state index contributed by atoms with van der Waals surface area (Å²) in [5, 5.41) is 5.29. The fourth-order valence-corrected chi connectivity index (χ4v) is 3.69. The van der Waals surface area contributed by atoms with Gasteiger partial charge in [0.1, 0.15) is 4.34 Å². The first-order valence-corrected chi connectivity index (χ1v) is 8.96. The fourth-order valence-electron chi connectivity index (χ4n) is 1.48. The Labute approximate surface area is 139 Å². The summed E-state index contributed by atoms with van der Waals surface area (Å²) in [5.74, 6) is 0.788. The summed E-state index contributed by atoms with van der Waals surface area (Å²) in [4.78, 5) is 16.2. The van der Waals surface area contributed by atoms with Crippen molar-refractivity contribution in [3.8, 4) is 0 Å². The number of thiazole rings is 1. The van der Waals surface area contributed by atoms with Crippen LogP contribution in [0, 0.1) is 0 Å².